The second-order valence-electron chi connectivity index (χ2n) is 6.53. The van der Waals surface area contributed by atoms with Crippen molar-refractivity contribution in [3.05, 3.63) is 45.7 Å². The van der Waals surface area contributed by atoms with Crippen molar-refractivity contribution in [1.82, 2.24) is 15.3 Å². The fourth-order valence-corrected chi connectivity index (χ4v) is 5.18. The van der Waals surface area contributed by atoms with Crippen molar-refractivity contribution < 1.29 is 18.7 Å². The van der Waals surface area contributed by atoms with Crippen molar-refractivity contribution in [3.8, 4) is 5.75 Å². The average molecular weight is 434 g/mol. The molecule has 1 atom stereocenters. The lowest BCUT2D eigenvalue weighted by Gasteiger charge is -2.22. The Hall–Kier alpha value is -2.07. The Balaban J connectivity index is 1.53. The van der Waals surface area contributed by atoms with Gasteiger partial charge in [-0.05, 0) is 31.2 Å². The standard InChI is InChI=1S/C20H20FN3O3S2/c1-11-23-12-3-4-14(26-2)19(21)18(12)20(24-11)28-10-13(25)16-5-6-17(29-16)15-9-22-7-8-27-15/h3-6,15,22H,7-10H2,1-2H3. The number of carbonyl (C=O) groups excluding carboxylic acids is 1. The van der Waals surface area contributed by atoms with Crippen LogP contribution >= 0.6 is 23.1 Å². The molecule has 1 saturated heterocycles. The van der Waals surface area contributed by atoms with Gasteiger partial charge >= 0.3 is 0 Å². The van der Waals surface area contributed by atoms with Crippen LogP contribution in [0.2, 0.25) is 0 Å². The molecule has 1 aromatic carbocycles. The molecular formula is C20H20FN3O3S2. The highest BCUT2D eigenvalue weighted by Crippen LogP contribution is 2.33. The summed E-state index contributed by atoms with van der Waals surface area (Å²) in [7, 11) is 1.41. The number of benzene rings is 1. The molecule has 1 aliphatic heterocycles. The summed E-state index contributed by atoms with van der Waals surface area (Å²) in [6, 6.07) is 7.00. The number of carbonyl (C=O) groups is 1. The van der Waals surface area contributed by atoms with E-state index in [9.17, 15) is 9.18 Å². The zero-order valence-electron chi connectivity index (χ0n) is 16.0. The number of morpholine rings is 1. The maximum atomic E-state index is 14.8. The first-order chi connectivity index (χ1) is 14.1. The van der Waals surface area contributed by atoms with Crippen LogP contribution in [0.5, 0.6) is 5.75 Å². The second kappa shape index (κ2) is 8.74. The van der Waals surface area contributed by atoms with Crippen LogP contribution in [-0.4, -0.2) is 48.3 Å². The molecule has 3 heterocycles. The van der Waals surface area contributed by atoms with Crippen molar-refractivity contribution in [2.75, 3.05) is 32.6 Å². The molecule has 152 valence electrons. The monoisotopic (exact) mass is 433 g/mol. The van der Waals surface area contributed by atoms with E-state index in [0.717, 1.165) is 18.0 Å². The Morgan fingerprint density at radius 2 is 2.24 bits per heavy atom. The summed E-state index contributed by atoms with van der Waals surface area (Å²) >= 11 is 2.66. The SMILES string of the molecule is COc1ccc2nc(C)nc(SCC(=O)c3ccc(C4CNCCO4)s3)c2c1F. The molecule has 1 fully saturated rings. The normalized spacial score (nSPS) is 16.9. The summed E-state index contributed by atoms with van der Waals surface area (Å²) in [5, 5.41) is 4.01. The van der Waals surface area contributed by atoms with Crippen molar-refractivity contribution >= 4 is 39.8 Å². The number of Topliss-reactive ketones (excluding diaryl/α,β-unsaturated/α-hetero) is 1. The first kappa shape index (κ1) is 20.2. The number of aromatic nitrogens is 2. The highest BCUT2D eigenvalue weighted by Gasteiger charge is 2.21. The van der Waals surface area contributed by atoms with Gasteiger partial charge in [0.05, 0.1) is 35.2 Å². The van der Waals surface area contributed by atoms with Crippen LogP contribution in [0.25, 0.3) is 10.9 Å². The number of thioether (sulfide) groups is 1. The highest BCUT2D eigenvalue weighted by atomic mass is 32.2. The molecule has 1 aliphatic rings. The minimum absolute atomic E-state index is 0.0158. The van der Waals surface area contributed by atoms with Gasteiger partial charge in [-0.15, -0.1) is 11.3 Å². The van der Waals surface area contributed by atoms with Crippen LogP contribution in [0.15, 0.2) is 29.3 Å². The average Bonchev–Trinajstić information content (AvgIpc) is 3.23. The van der Waals surface area contributed by atoms with Gasteiger partial charge in [-0.25, -0.2) is 14.4 Å². The van der Waals surface area contributed by atoms with E-state index < -0.39 is 5.82 Å². The molecule has 0 bridgehead atoms. The number of nitrogens with one attached hydrogen (secondary N) is 1. The lowest BCUT2D eigenvalue weighted by atomic mass is 10.2. The zero-order chi connectivity index (χ0) is 20.4. The zero-order valence-corrected chi connectivity index (χ0v) is 17.7. The van der Waals surface area contributed by atoms with Crippen molar-refractivity contribution in [1.29, 1.82) is 0 Å². The van der Waals surface area contributed by atoms with Gasteiger partial charge in [-0.3, -0.25) is 4.79 Å². The molecule has 3 aromatic rings. The van der Waals surface area contributed by atoms with Gasteiger partial charge in [0.2, 0.25) is 0 Å². The largest absolute Gasteiger partial charge is 0.494 e. The van der Waals surface area contributed by atoms with Crippen molar-refractivity contribution in [3.63, 3.8) is 0 Å². The van der Waals surface area contributed by atoms with Crippen molar-refractivity contribution in [2.24, 2.45) is 0 Å². The van der Waals surface area contributed by atoms with E-state index in [1.54, 1.807) is 19.1 Å². The Morgan fingerprint density at radius 3 is 3.00 bits per heavy atom. The molecule has 0 amide bonds. The number of hydrogen-bond donors (Lipinski definition) is 1. The summed E-state index contributed by atoms with van der Waals surface area (Å²) in [4.78, 5) is 23.1. The molecule has 1 unspecified atom stereocenters. The lowest BCUT2D eigenvalue weighted by molar-refractivity contribution is 0.0299. The van der Waals surface area contributed by atoms with Crippen LogP contribution in [0.1, 0.15) is 26.5 Å². The molecule has 4 rings (SSSR count). The fraction of sp³-hybridized carbons (Fsp3) is 0.350. The first-order valence-electron chi connectivity index (χ1n) is 9.15. The van der Waals surface area contributed by atoms with E-state index in [1.807, 2.05) is 12.1 Å². The van der Waals surface area contributed by atoms with Gasteiger partial charge < -0.3 is 14.8 Å². The number of methoxy groups -OCH3 is 1. The summed E-state index contributed by atoms with van der Waals surface area (Å²) in [5.74, 6) is 0.272. The van der Waals surface area contributed by atoms with Gasteiger partial charge in [0.15, 0.2) is 17.3 Å². The smallest absolute Gasteiger partial charge is 0.183 e. The number of fused-ring (bicyclic) bond motifs is 1. The predicted octanol–water partition coefficient (Wildman–Crippen LogP) is 3.78. The van der Waals surface area contributed by atoms with Gasteiger partial charge in [0.1, 0.15) is 17.0 Å². The predicted molar refractivity (Wildman–Crippen MR) is 112 cm³/mol. The number of rotatable bonds is 6. The first-order valence-corrected chi connectivity index (χ1v) is 11.0. The van der Waals surface area contributed by atoms with Gasteiger partial charge in [-0.2, -0.15) is 0 Å². The molecule has 0 aliphatic carbocycles. The summed E-state index contributed by atoms with van der Waals surface area (Å²) < 4.78 is 25.6. The minimum atomic E-state index is -0.514. The molecular weight excluding hydrogens is 413 g/mol. The van der Waals surface area contributed by atoms with E-state index in [4.69, 9.17) is 9.47 Å². The van der Waals surface area contributed by atoms with Crippen LogP contribution < -0.4 is 10.1 Å². The van der Waals surface area contributed by atoms with E-state index in [2.05, 4.69) is 15.3 Å². The Kier molecular flexibility index (Phi) is 6.09. The summed E-state index contributed by atoms with van der Waals surface area (Å²) in [6.45, 7) is 4.00. The topological polar surface area (TPSA) is 73.3 Å². The van der Waals surface area contributed by atoms with Gasteiger partial charge in [0.25, 0.3) is 0 Å². The van der Waals surface area contributed by atoms with Crippen molar-refractivity contribution in [2.45, 2.75) is 18.1 Å². The maximum absolute atomic E-state index is 14.8. The van der Waals surface area contributed by atoms with E-state index in [0.29, 0.717) is 27.9 Å². The molecule has 2 aromatic heterocycles. The fourth-order valence-electron chi connectivity index (χ4n) is 3.14. The van der Waals surface area contributed by atoms with Crippen LogP contribution in [0, 0.1) is 12.7 Å². The molecule has 9 heteroatoms. The molecule has 0 radical (unpaired) electrons. The highest BCUT2D eigenvalue weighted by molar-refractivity contribution is 8.00. The van der Waals surface area contributed by atoms with E-state index >= 15 is 0 Å². The Labute approximate surface area is 175 Å². The number of ketones is 1. The number of aryl methyl sites for hydroxylation is 1. The van der Waals surface area contributed by atoms with Crippen LogP contribution in [0.3, 0.4) is 0 Å². The van der Waals surface area contributed by atoms with Crippen LogP contribution in [-0.2, 0) is 4.74 Å². The van der Waals surface area contributed by atoms with Crippen LogP contribution in [0.4, 0.5) is 4.39 Å². The van der Waals surface area contributed by atoms with E-state index in [-0.39, 0.29) is 28.8 Å². The number of nitrogens with zero attached hydrogens (tertiary/aromatic N) is 2. The second-order valence-corrected chi connectivity index (χ2v) is 8.61. The third-order valence-electron chi connectivity index (χ3n) is 4.55. The minimum Gasteiger partial charge on any atom is -0.494 e. The third-order valence-corrected chi connectivity index (χ3v) is 6.74. The Bertz CT molecular complexity index is 1050. The molecule has 29 heavy (non-hydrogen) atoms. The number of halogens is 1. The summed E-state index contributed by atoms with van der Waals surface area (Å²) in [5.41, 5.74) is 0.492. The number of hydrogen-bond acceptors (Lipinski definition) is 8. The molecule has 0 spiro atoms. The maximum Gasteiger partial charge on any atom is 0.183 e. The summed E-state index contributed by atoms with van der Waals surface area (Å²) in [6.07, 6.45) is -0.0158. The van der Waals surface area contributed by atoms with E-state index in [1.165, 1.54) is 30.2 Å². The third kappa shape index (κ3) is 4.28. The Morgan fingerprint density at radius 1 is 1.38 bits per heavy atom. The number of thiophene rings is 1. The van der Waals surface area contributed by atoms with Gasteiger partial charge in [-0.1, -0.05) is 11.8 Å². The number of ether oxygens (including phenoxy) is 2. The molecule has 1 N–H and O–H groups in total. The van der Waals surface area contributed by atoms with Gasteiger partial charge in [0, 0.05) is 18.0 Å². The molecule has 6 nitrogen and oxygen atoms in total. The lowest BCUT2D eigenvalue weighted by Crippen LogP contribution is -2.32. The molecule has 0 saturated carbocycles. The quantitative estimate of drug-likeness (QED) is 0.360.